The standard InChI is InChI=1S/C10H24N2S/c1-5-13-8-6-7-11-10(2)9-12(3)4/h10-11H,5-9H2,1-4H3. The van der Waals surface area contributed by atoms with Crippen LogP contribution < -0.4 is 5.32 Å². The second kappa shape index (κ2) is 8.85. The summed E-state index contributed by atoms with van der Waals surface area (Å²) in [7, 11) is 4.23. The molecule has 1 atom stereocenters. The maximum absolute atomic E-state index is 3.52. The third-order valence-electron chi connectivity index (χ3n) is 1.80. The summed E-state index contributed by atoms with van der Waals surface area (Å²) >= 11 is 2.02. The maximum atomic E-state index is 3.52. The molecule has 0 aliphatic carbocycles. The van der Waals surface area contributed by atoms with Gasteiger partial charge in [-0.05, 0) is 45.5 Å². The van der Waals surface area contributed by atoms with Gasteiger partial charge in [0.25, 0.3) is 0 Å². The second-order valence-corrected chi connectivity index (χ2v) is 5.06. The third-order valence-corrected chi connectivity index (χ3v) is 2.79. The molecule has 0 saturated carbocycles. The summed E-state index contributed by atoms with van der Waals surface area (Å²) < 4.78 is 0. The Morgan fingerprint density at radius 2 is 2.08 bits per heavy atom. The van der Waals surface area contributed by atoms with Crippen LogP contribution in [-0.4, -0.2) is 49.6 Å². The third kappa shape index (κ3) is 10.2. The molecule has 80 valence electrons. The Hall–Kier alpha value is 0.270. The van der Waals surface area contributed by atoms with E-state index in [0.29, 0.717) is 6.04 Å². The van der Waals surface area contributed by atoms with Gasteiger partial charge in [-0.2, -0.15) is 11.8 Å². The van der Waals surface area contributed by atoms with Crippen LogP contribution in [0, 0.1) is 0 Å². The number of hydrogen-bond acceptors (Lipinski definition) is 3. The summed E-state index contributed by atoms with van der Waals surface area (Å²) in [6.45, 7) is 6.74. The lowest BCUT2D eigenvalue weighted by atomic mass is 10.3. The van der Waals surface area contributed by atoms with Crippen molar-refractivity contribution in [2.75, 3.05) is 38.7 Å². The largest absolute Gasteiger partial charge is 0.313 e. The first-order chi connectivity index (χ1) is 6.16. The quantitative estimate of drug-likeness (QED) is 0.606. The van der Waals surface area contributed by atoms with Crippen molar-refractivity contribution < 1.29 is 0 Å². The van der Waals surface area contributed by atoms with Crippen LogP contribution in [0.25, 0.3) is 0 Å². The Morgan fingerprint density at radius 3 is 2.62 bits per heavy atom. The Balaban J connectivity index is 3.12. The van der Waals surface area contributed by atoms with E-state index in [1.165, 1.54) is 17.9 Å². The van der Waals surface area contributed by atoms with E-state index in [4.69, 9.17) is 0 Å². The summed E-state index contributed by atoms with van der Waals surface area (Å²) in [6, 6.07) is 0.613. The van der Waals surface area contributed by atoms with E-state index in [-0.39, 0.29) is 0 Å². The fourth-order valence-corrected chi connectivity index (χ4v) is 1.92. The molecule has 1 unspecified atom stereocenters. The van der Waals surface area contributed by atoms with Crippen LogP contribution in [0.3, 0.4) is 0 Å². The van der Waals surface area contributed by atoms with Crippen molar-refractivity contribution in [1.29, 1.82) is 0 Å². The monoisotopic (exact) mass is 204 g/mol. The van der Waals surface area contributed by atoms with Gasteiger partial charge >= 0.3 is 0 Å². The van der Waals surface area contributed by atoms with Crippen LogP contribution in [0.5, 0.6) is 0 Å². The number of nitrogens with zero attached hydrogens (tertiary/aromatic N) is 1. The van der Waals surface area contributed by atoms with E-state index >= 15 is 0 Å². The topological polar surface area (TPSA) is 15.3 Å². The minimum atomic E-state index is 0.613. The van der Waals surface area contributed by atoms with Crippen LogP contribution in [-0.2, 0) is 0 Å². The lowest BCUT2D eigenvalue weighted by Crippen LogP contribution is -2.36. The van der Waals surface area contributed by atoms with Gasteiger partial charge in [-0.25, -0.2) is 0 Å². The highest BCUT2D eigenvalue weighted by Gasteiger charge is 2.00. The summed E-state index contributed by atoms with van der Waals surface area (Å²) in [4.78, 5) is 2.22. The molecule has 1 N–H and O–H groups in total. The molecule has 0 aliphatic rings. The van der Waals surface area contributed by atoms with Gasteiger partial charge in [0.05, 0.1) is 0 Å². The molecule has 0 heterocycles. The molecule has 0 radical (unpaired) electrons. The molecule has 0 fully saturated rings. The van der Waals surface area contributed by atoms with Crippen LogP contribution in [0.4, 0.5) is 0 Å². The summed E-state index contributed by atoms with van der Waals surface area (Å²) in [6.07, 6.45) is 1.29. The van der Waals surface area contributed by atoms with E-state index in [0.717, 1.165) is 13.1 Å². The molecule has 0 bridgehead atoms. The van der Waals surface area contributed by atoms with Gasteiger partial charge in [-0.1, -0.05) is 6.92 Å². The van der Waals surface area contributed by atoms with Crippen molar-refractivity contribution in [3.8, 4) is 0 Å². The van der Waals surface area contributed by atoms with E-state index in [2.05, 4.69) is 38.2 Å². The molecular weight excluding hydrogens is 180 g/mol. The Kier molecular flexibility index (Phi) is 9.03. The highest BCUT2D eigenvalue weighted by Crippen LogP contribution is 1.99. The molecule has 0 aromatic heterocycles. The summed E-state index contributed by atoms with van der Waals surface area (Å²) in [5.41, 5.74) is 0. The number of nitrogens with one attached hydrogen (secondary N) is 1. The number of rotatable bonds is 8. The molecule has 0 saturated heterocycles. The SMILES string of the molecule is CCSCCCNC(C)CN(C)C. The highest BCUT2D eigenvalue weighted by molar-refractivity contribution is 7.99. The summed E-state index contributed by atoms with van der Waals surface area (Å²) in [5.74, 6) is 2.53. The smallest absolute Gasteiger partial charge is 0.0166 e. The highest BCUT2D eigenvalue weighted by atomic mass is 32.2. The normalized spacial score (nSPS) is 13.6. The first kappa shape index (κ1) is 13.3. The number of thioether (sulfide) groups is 1. The first-order valence-electron chi connectivity index (χ1n) is 5.12. The van der Waals surface area contributed by atoms with E-state index in [1.54, 1.807) is 0 Å². The van der Waals surface area contributed by atoms with Gasteiger partial charge in [0.15, 0.2) is 0 Å². The van der Waals surface area contributed by atoms with Crippen molar-refractivity contribution in [3.05, 3.63) is 0 Å². The molecular formula is C10H24N2S. The molecule has 0 aromatic rings. The van der Waals surface area contributed by atoms with E-state index < -0.39 is 0 Å². The molecule has 13 heavy (non-hydrogen) atoms. The van der Waals surface area contributed by atoms with Crippen molar-refractivity contribution in [2.45, 2.75) is 26.3 Å². The molecule has 3 heteroatoms. The minimum Gasteiger partial charge on any atom is -0.313 e. The fourth-order valence-electron chi connectivity index (χ4n) is 1.28. The average molecular weight is 204 g/mol. The zero-order valence-electron chi connectivity index (χ0n) is 9.47. The van der Waals surface area contributed by atoms with Crippen molar-refractivity contribution >= 4 is 11.8 Å². The maximum Gasteiger partial charge on any atom is 0.0166 e. The predicted molar refractivity (Wildman–Crippen MR) is 63.6 cm³/mol. The first-order valence-corrected chi connectivity index (χ1v) is 6.28. The molecule has 0 aliphatic heterocycles. The molecule has 0 aromatic carbocycles. The van der Waals surface area contributed by atoms with Gasteiger partial charge in [-0.15, -0.1) is 0 Å². The van der Waals surface area contributed by atoms with Gasteiger partial charge in [-0.3, -0.25) is 0 Å². The van der Waals surface area contributed by atoms with E-state index in [9.17, 15) is 0 Å². The second-order valence-electron chi connectivity index (χ2n) is 3.67. The van der Waals surface area contributed by atoms with Gasteiger partial charge < -0.3 is 10.2 Å². The van der Waals surface area contributed by atoms with Crippen LogP contribution in [0.1, 0.15) is 20.3 Å². The molecule has 0 rings (SSSR count). The van der Waals surface area contributed by atoms with E-state index in [1.807, 2.05) is 11.8 Å². The number of likely N-dealkylation sites (N-methyl/N-ethyl adjacent to an activating group) is 1. The summed E-state index contributed by atoms with van der Waals surface area (Å²) in [5, 5.41) is 3.52. The average Bonchev–Trinajstić information content (AvgIpc) is 2.02. The lowest BCUT2D eigenvalue weighted by molar-refractivity contribution is 0.350. The van der Waals surface area contributed by atoms with Crippen LogP contribution >= 0.6 is 11.8 Å². The van der Waals surface area contributed by atoms with Crippen molar-refractivity contribution in [2.24, 2.45) is 0 Å². The Labute approximate surface area is 87.5 Å². The van der Waals surface area contributed by atoms with Crippen LogP contribution in [0.15, 0.2) is 0 Å². The zero-order chi connectivity index (χ0) is 10.1. The minimum absolute atomic E-state index is 0.613. The van der Waals surface area contributed by atoms with Gasteiger partial charge in [0.1, 0.15) is 0 Å². The van der Waals surface area contributed by atoms with Crippen LogP contribution in [0.2, 0.25) is 0 Å². The van der Waals surface area contributed by atoms with Crippen molar-refractivity contribution in [1.82, 2.24) is 10.2 Å². The van der Waals surface area contributed by atoms with Gasteiger partial charge in [0.2, 0.25) is 0 Å². The Morgan fingerprint density at radius 1 is 1.38 bits per heavy atom. The zero-order valence-corrected chi connectivity index (χ0v) is 10.3. The fraction of sp³-hybridized carbons (Fsp3) is 1.00. The van der Waals surface area contributed by atoms with Crippen molar-refractivity contribution in [3.63, 3.8) is 0 Å². The molecule has 2 nitrogen and oxygen atoms in total. The molecule has 0 amide bonds. The number of hydrogen-bond donors (Lipinski definition) is 1. The Bertz CT molecular complexity index is 107. The predicted octanol–water partition coefficient (Wildman–Crippen LogP) is 1.67. The lowest BCUT2D eigenvalue weighted by Gasteiger charge is -2.18. The molecule has 0 spiro atoms. The van der Waals surface area contributed by atoms with Gasteiger partial charge in [0, 0.05) is 12.6 Å².